The van der Waals surface area contributed by atoms with Crippen LogP contribution < -0.4 is 10.5 Å². The van der Waals surface area contributed by atoms with E-state index in [1.807, 2.05) is 12.1 Å². The molecule has 26 heavy (non-hydrogen) atoms. The third-order valence-corrected chi connectivity index (χ3v) is 4.65. The highest BCUT2D eigenvalue weighted by Crippen LogP contribution is 2.39. The van der Waals surface area contributed by atoms with E-state index in [-0.39, 0.29) is 5.56 Å². The van der Waals surface area contributed by atoms with Crippen molar-refractivity contribution in [1.82, 2.24) is 0 Å². The second-order valence-electron chi connectivity index (χ2n) is 6.28. The first kappa shape index (κ1) is 16.4. The minimum absolute atomic E-state index is 0.118. The molecule has 0 amide bonds. The van der Waals surface area contributed by atoms with Gasteiger partial charge in [0, 0.05) is 17.2 Å². The van der Waals surface area contributed by atoms with E-state index in [4.69, 9.17) is 15.7 Å². The first-order valence-corrected chi connectivity index (χ1v) is 8.00. The number of ether oxygens (including phenoxy) is 1. The highest BCUT2D eigenvalue weighted by atomic mass is 19.2. The average molecular weight is 354 g/mol. The molecule has 0 saturated carbocycles. The minimum atomic E-state index is -1.26. The number of hydrogen-bond acceptors (Lipinski definition) is 3. The van der Waals surface area contributed by atoms with Crippen molar-refractivity contribution < 1.29 is 17.9 Å². The van der Waals surface area contributed by atoms with Gasteiger partial charge in [-0.15, -0.1) is 0 Å². The quantitative estimate of drug-likeness (QED) is 0.669. The fraction of sp³-hybridized carbons (Fsp3) is 0.150. The summed E-state index contributed by atoms with van der Waals surface area (Å²) in [6.07, 6.45) is -0.584. The lowest BCUT2D eigenvalue weighted by Gasteiger charge is -2.32. The van der Waals surface area contributed by atoms with Gasteiger partial charge in [0.05, 0.1) is 17.7 Å². The lowest BCUT2D eigenvalue weighted by Crippen LogP contribution is -2.38. The minimum Gasteiger partial charge on any atom is -0.484 e. The molecule has 0 aliphatic carbocycles. The maximum atomic E-state index is 14.1. The maximum Gasteiger partial charge on any atom is 0.161 e. The van der Waals surface area contributed by atoms with Crippen LogP contribution in [0.2, 0.25) is 0 Å². The molecule has 4 rings (SSSR count). The van der Waals surface area contributed by atoms with Crippen LogP contribution in [0, 0.1) is 28.8 Å². The third kappa shape index (κ3) is 2.57. The predicted octanol–water partition coefficient (Wildman–Crippen LogP) is 4.13. The molecule has 1 aliphatic rings. The van der Waals surface area contributed by atoms with Crippen LogP contribution >= 0.6 is 0 Å². The molecular formula is C20H13F3N2O. The van der Waals surface area contributed by atoms with Crippen LogP contribution in [-0.2, 0) is 6.42 Å². The van der Waals surface area contributed by atoms with Crippen LogP contribution in [0.3, 0.4) is 0 Å². The molecule has 0 spiro atoms. The standard InChI is InChI=1S/C20H13F3N2O/c21-15-8-17(23)16(22)6-14(15)20-18(25)7-13-12-5-10(9-24)1-2-11(12)3-4-19(13)26-20/h1-6,8,18,20H,7,25H2. The summed E-state index contributed by atoms with van der Waals surface area (Å²) in [4.78, 5) is 0. The van der Waals surface area contributed by atoms with Gasteiger partial charge in [-0.05, 0) is 41.5 Å². The lowest BCUT2D eigenvalue weighted by molar-refractivity contribution is 0.149. The van der Waals surface area contributed by atoms with E-state index >= 15 is 0 Å². The molecule has 1 aliphatic heterocycles. The SMILES string of the molecule is N#Cc1ccc2ccc3c(c2c1)CC(N)C(c1cc(F)c(F)cc1F)O3. The number of hydrogen-bond donors (Lipinski definition) is 1. The Kier molecular flexibility index (Phi) is 3.82. The van der Waals surface area contributed by atoms with E-state index in [0.29, 0.717) is 23.8 Å². The Hall–Kier alpha value is -3.04. The number of benzene rings is 3. The van der Waals surface area contributed by atoms with E-state index < -0.39 is 29.6 Å². The van der Waals surface area contributed by atoms with Crippen LogP contribution in [0.25, 0.3) is 10.8 Å². The summed E-state index contributed by atoms with van der Waals surface area (Å²) in [6.45, 7) is 0. The summed E-state index contributed by atoms with van der Waals surface area (Å²) in [5, 5.41) is 10.9. The van der Waals surface area contributed by atoms with Gasteiger partial charge in [-0.25, -0.2) is 13.2 Å². The van der Waals surface area contributed by atoms with E-state index in [9.17, 15) is 13.2 Å². The topological polar surface area (TPSA) is 59.0 Å². The summed E-state index contributed by atoms with van der Waals surface area (Å²) >= 11 is 0. The largest absolute Gasteiger partial charge is 0.484 e. The predicted molar refractivity (Wildman–Crippen MR) is 90.0 cm³/mol. The number of halogens is 3. The van der Waals surface area contributed by atoms with Gasteiger partial charge in [0.25, 0.3) is 0 Å². The average Bonchev–Trinajstić information content (AvgIpc) is 2.64. The van der Waals surface area contributed by atoms with Gasteiger partial charge in [-0.2, -0.15) is 5.26 Å². The summed E-state index contributed by atoms with van der Waals surface area (Å²) in [7, 11) is 0. The molecule has 3 aromatic carbocycles. The Balaban J connectivity index is 1.81. The molecule has 0 fully saturated rings. The molecule has 2 unspecified atom stereocenters. The number of fused-ring (bicyclic) bond motifs is 3. The molecule has 0 bridgehead atoms. The highest BCUT2D eigenvalue weighted by molar-refractivity contribution is 5.89. The van der Waals surface area contributed by atoms with Crippen molar-refractivity contribution in [2.45, 2.75) is 18.6 Å². The normalized spacial score (nSPS) is 18.9. The molecule has 0 radical (unpaired) electrons. The second kappa shape index (κ2) is 6.04. The Morgan fingerprint density at radius 2 is 1.73 bits per heavy atom. The fourth-order valence-corrected chi connectivity index (χ4v) is 3.37. The van der Waals surface area contributed by atoms with Gasteiger partial charge in [0.15, 0.2) is 11.6 Å². The number of nitriles is 1. The van der Waals surface area contributed by atoms with Gasteiger partial charge in [-0.3, -0.25) is 0 Å². The van der Waals surface area contributed by atoms with Crippen LogP contribution in [0.15, 0.2) is 42.5 Å². The van der Waals surface area contributed by atoms with E-state index in [1.165, 1.54) is 0 Å². The van der Waals surface area contributed by atoms with Crippen molar-refractivity contribution in [1.29, 1.82) is 5.26 Å². The van der Waals surface area contributed by atoms with Gasteiger partial charge < -0.3 is 10.5 Å². The zero-order valence-electron chi connectivity index (χ0n) is 13.5. The summed E-state index contributed by atoms with van der Waals surface area (Å²) in [5.74, 6) is -2.82. The monoisotopic (exact) mass is 354 g/mol. The molecule has 0 aromatic heterocycles. The summed E-state index contributed by atoms with van der Waals surface area (Å²) < 4.78 is 46.7. The molecule has 1 heterocycles. The van der Waals surface area contributed by atoms with E-state index in [0.717, 1.165) is 22.4 Å². The van der Waals surface area contributed by atoms with E-state index in [2.05, 4.69) is 6.07 Å². The van der Waals surface area contributed by atoms with Crippen LogP contribution in [0.4, 0.5) is 13.2 Å². The summed E-state index contributed by atoms with van der Waals surface area (Å²) in [6, 6.07) is 11.6. The molecule has 3 aromatic rings. The fourth-order valence-electron chi connectivity index (χ4n) is 3.37. The van der Waals surface area contributed by atoms with Crippen LogP contribution in [-0.4, -0.2) is 6.04 Å². The van der Waals surface area contributed by atoms with Crippen molar-refractivity contribution in [3.05, 3.63) is 76.6 Å². The molecule has 3 nitrogen and oxygen atoms in total. The molecule has 0 saturated heterocycles. The van der Waals surface area contributed by atoms with Gasteiger partial charge in [0.2, 0.25) is 0 Å². The molecular weight excluding hydrogens is 341 g/mol. The van der Waals surface area contributed by atoms with Gasteiger partial charge in [-0.1, -0.05) is 12.1 Å². The maximum absolute atomic E-state index is 14.1. The Morgan fingerprint density at radius 1 is 1.00 bits per heavy atom. The van der Waals surface area contributed by atoms with Crippen molar-refractivity contribution in [3.63, 3.8) is 0 Å². The smallest absolute Gasteiger partial charge is 0.161 e. The van der Waals surface area contributed by atoms with Crippen LogP contribution in [0.5, 0.6) is 5.75 Å². The first-order valence-electron chi connectivity index (χ1n) is 8.00. The Bertz CT molecular complexity index is 1070. The van der Waals surface area contributed by atoms with Gasteiger partial charge in [0.1, 0.15) is 17.7 Å². The number of rotatable bonds is 1. The zero-order chi connectivity index (χ0) is 18.4. The molecule has 6 heteroatoms. The molecule has 2 atom stereocenters. The first-order chi connectivity index (χ1) is 12.5. The second-order valence-corrected chi connectivity index (χ2v) is 6.28. The Morgan fingerprint density at radius 3 is 2.50 bits per heavy atom. The highest BCUT2D eigenvalue weighted by Gasteiger charge is 2.32. The number of nitrogens with zero attached hydrogens (tertiary/aromatic N) is 1. The zero-order valence-corrected chi connectivity index (χ0v) is 13.5. The molecule has 2 N–H and O–H groups in total. The third-order valence-electron chi connectivity index (χ3n) is 4.65. The Labute approximate surface area is 147 Å². The lowest BCUT2D eigenvalue weighted by atomic mass is 9.89. The van der Waals surface area contributed by atoms with Crippen molar-refractivity contribution in [3.8, 4) is 11.8 Å². The number of nitrogens with two attached hydrogens (primary N) is 1. The van der Waals surface area contributed by atoms with Crippen molar-refractivity contribution in [2.24, 2.45) is 5.73 Å². The van der Waals surface area contributed by atoms with Crippen molar-refractivity contribution >= 4 is 10.8 Å². The van der Waals surface area contributed by atoms with Crippen molar-refractivity contribution in [2.75, 3.05) is 0 Å². The van der Waals surface area contributed by atoms with E-state index in [1.54, 1.807) is 18.2 Å². The van der Waals surface area contributed by atoms with Crippen LogP contribution in [0.1, 0.15) is 22.8 Å². The summed E-state index contributed by atoms with van der Waals surface area (Å²) in [5.41, 5.74) is 7.37. The van der Waals surface area contributed by atoms with Gasteiger partial charge >= 0.3 is 0 Å². The molecule has 130 valence electrons.